The molecule has 0 saturated carbocycles. The summed E-state index contributed by atoms with van der Waals surface area (Å²) in [5, 5.41) is 119. The highest BCUT2D eigenvalue weighted by atomic mass is 16.8. The molecule has 408 valence electrons. The number of unbranched alkanes of at least 4 members (excludes halogenated alkanes) is 8. The highest BCUT2D eigenvalue weighted by Crippen LogP contribution is 2.33. The van der Waals surface area contributed by atoms with Crippen LogP contribution in [-0.4, -0.2) is 193 Å². The largest absolute Gasteiger partial charge is 0.394 e. The lowest BCUT2D eigenvalue weighted by Crippen LogP contribution is -2.66. The molecular weight excluding hydrogens is 927 g/mol. The lowest BCUT2D eigenvalue weighted by molar-refractivity contribution is -0.379. The van der Waals surface area contributed by atoms with Crippen molar-refractivity contribution in [1.82, 2.24) is 5.32 Å². The second kappa shape index (κ2) is 36.2. The fourth-order valence-electron chi connectivity index (χ4n) is 8.21. The molecule has 71 heavy (non-hydrogen) atoms. The zero-order chi connectivity index (χ0) is 52.0. The molecule has 12 N–H and O–H groups in total. The van der Waals surface area contributed by atoms with Gasteiger partial charge in [-0.15, -0.1) is 0 Å². The number of allylic oxidation sites excluding steroid dienone is 11. The second-order valence-electron chi connectivity index (χ2n) is 18.2. The summed E-state index contributed by atoms with van der Waals surface area (Å²) >= 11 is 0. The molecule has 0 aliphatic carbocycles. The smallest absolute Gasteiger partial charge is 0.220 e. The van der Waals surface area contributed by atoms with Gasteiger partial charge in [0.25, 0.3) is 0 Å². The van der Waals surface area contributed by atoms with E-state index in [1.165, 1.54) is 0 Å². The van der Waals surface area contributed by atoms with Gasteiger partial charge >= 0.3 is 0 Å². The zero-order valence-corrected chi connectivity index (χ0v) is 41.7. The van der Waals surface area contributed by atoms with Gasteiger partial charge in [-0.1, -0.05) is 119 Å². The first-order valence-electron chi connectivity index (χ1n) is 25.7. The van der Waals surface area contributed by atoms with Gasteiger partial charge in [0.2, 0.25) is 5.91 Å². The van der Waals surface area contributed by atoms with Gasteiger partial charge in [-0.25, -0.2) is 0 Å². The van der Waals surface area contributed by atoms with E-state index < -0.39 is 124 Å². The van der Waals surface area contributed by atoms with E-state index in [0.29, 0.717) is 12.8 Å². The van der Waals surface area contributed by atoms with Crippen molar-refractivity contribution in [2.24, 2.45) is 0 Å². The second-order valence-corrected chi connectivity index (χ2v) is 18.2. The fourth-order valence-corrected chi connectivity index (χ4v) is 8.21. The van der Waals surface area contributed by atoms with Gasteiger partial charge in [0.15, 0.2) is 18.9 Å². The summed E-state index contributed by atoms with van der Waals surface area (Å²) in [5.41, 5.74) is 0. The number of carbonyl (C=O) groups is 1. The van der Waals surface area contributed by atoms with Gasteiger partial charge in [-0.2, -0.15) is 0 Å². The van der Waals surface area contributed by atoms with Crippen molar-refractivity contribution in [1.29, 1.82) is 0 Å². The Hall–Kier alpha value is -2.77. The monoisotopic (exact) mass is 1010 g/mol. The Morgan fingerprint density at radius 2 is 0.972 bits per heavy atom. The maximum Gasteiger partial charge on any atom is 0.220 e. The van der Waals surface area contributed by atoms with E-state index in [1.807, 2.05) is 6.08 Å². The Kier molecular flexibility index (Phi) is 31.9. The van der Waals surface area contributed by atoms with Gasteiger partial charge in [0.1, 0.15) is 73.2 Å². The van der Waals surface area contributed by atoms with Crippen LogP contribution in [0.2, 0.25) is 0 Å². The van der Waals surface area contributed by atoms with E-state index in [2.05, 4.69) is 79.9 Å². The van der Waals surface area contributed by atoms with Crippen molar-refractivity contribution in [3.05, 3.63) is 72.9 Å². The molecule has 0 aromatic carbocycles. The van der Waals surface area contributed by atoms with Crippen molar-refractivity contribution in [2.75, 3.05) is 26.4 Å². The van der Waals surface area contributed by atoms with Crippen molar-refractivity contribution in [3.8, 4) is 0 Å². The van der Waals surface area contributed by atoms with Crippen molar-refractivity contribution in [3.63, 3.8) is 0 Å². The molecule has 17 unspecified atom stereocenters. The quantitative estimate of drug-likeness (QED) is 0.0324. The highest BCUT2D eigenvalue weighted by molar-refractivity contribution is 5.76. The summed E-state index contributed by atoms with van der Waals surface area (Å²) < 4.78 is 33.9. The number of ether oxygens (including phenoxy) is 6. The summed E-state index contributed by atoms with van der Waals surface area (Å²) in [6.45, 7) is 1.41. The van der Waals surface area contributed by atoms with Crippen LogP contribution in [0.25, 0.3) is 0 Å². The van der Waals surface area contributed by atoms with Gasteiger partial charge < -0.3 is 89.9 Å². The van der Waals surface area contributed by atoms with E-state index in [1.54, 1.807) is 6.08 Å². The van der Waals surface area contributed by atoms with Crippen LogP contribution >= 0.6 is 0 Å². The third-order valence-electron chi connectivity index (χ3n) is 12.5. The SMILES string of the molecule is CC/C=C\C/C=C\C/C=C\C/C=C\C/C=C\CCCCCCCC(=O)NC(COC1OC(CO)C(OC2OC(CO)C(OC3OC(CO)C(O)C(O)C3O)C(O)C2O)C(O)C1O)C(O)/C=C/CCCCC. The molecule has 19 heteroatoms. The first-order valence-corrected chi connectivity index (χ1v) is 25.7. The molecule has 0 aromatic heterocycles. The number of aliphatic hydroxyl groups is 11. The average Bonchev–Trinajstić information content (AvgIpc) is 3.36. The third-order valence-corrected chi connectivity index (χ3v) is 12.5. The average molecular weight is 1010 g/mol. The Balaban J connectivity index is 1.47. The molecule has 3 aliphatic rings. The minimum atomic E-state index is -1.98. The topological polar surface area (TPSA) is 307 Å². The van der Waals surface area contributed by atoms with Gasteiger partial charge in [-0.3, -0.25) is 4.79 Å². The molecule has 3 heterocycles. The number of rotatable bonds is 34. The highest BCUT2D eigenvalue weighted by Gasteiger charge is 2.53. The van der Waals surface area contributed by atoms with E-state index >= 15 is 0 Å². The molecule has 1 amide bonds. The molecule has 0 radical (unpaired) electrons. The van der Waals surface area contributed by atoms with Crippen molar-refractivity contribution in [2.45, 2.75) is 221 Å². The van der Waals surface area contributed by atoms with Gasteiger partial charge in [0, 0.05) is 6.42 Å². The summed E-state index contributed by atoms with van der Waals surface area (Å²) in [5.74, 6) is -0.308. The standard InChI is InChI=1S/C52H87NO18/c1-3-5-7-9-10-11-12-13-14-15-16-17-18-19-20-21-22-23-24-26-28-30-40(58)53-35(36(57)29-27-25-8-6-4-2)34-66-50-46(64)43(61)48(38(32-55)68-50)71-52-47(65)44(62)49(39(33-56)69-52)70-51-45(63)42(60)41(59)37(31-54)67-51/h5,7,10-11,13-14,16-17,19-20,27,29,35-39,41-52,54-57,59-65H,3-4,6,8-9,12,15,18,21-26,28,30-34H2,1-2H3,(H,53,58)/b7-5-,11-10-,14-13-,17-16-,20-19-,29-27+. The Bertz CT molecular complexity index is 1590. The van der Waals surface area contributed by atoms with E-state index in [-0.39, 0.29) is 18.9 Å². The predicted molar refractivity (Wildman–Crippen MR) is 263 cm³/mol. The molecule has 3 fully saturated rings. The van der Waals surface area contributed by atoms with Crippen LogP contribution in [-0.2, 0) is 33.2 Å². The normalized spacial score (nSPS) is 32.9. The number of aliphatic hydroxyl groups excluding tert-OH is 11. The van der Waals surface area contributed by atoms with Crippen molar-refractivity contribution < 1.29 is 89.4 Å². The Morgan fingerprint density at radius 1 is 0.521 bits per heavy atom. The molecule has 0 spiro atoms. The summed E-state index contributed by atoms with van der Waals surface area (Å²) in [7, 11) is 0. The van der Waals surface area contributed by atoms with Crippen LogP contribution in [0, 0.1) is 0 Å². The molecule has 3 aliphatic heterocycles. The van der Waals surface area contributed by atoms with Crippen LogP contribution < -0.4 is 5.32 Å². The van der Waals surface area contributed by atoms with Crippen LogP contribution in [0.3, 0.4) is 0 Å². The Labute approximate surface area is 419 Å². The van der Waals surface area contributed by atoms with E-state index in [0.717, 1.165) is 83.5 Å². The Morgan fingerprint density at radius 3 is 1.52 bits per heavy atom. The van der Waals surface area contributed by atoms with Crippen LogP contribution in [0.5, 0.6) is 0 Å². The maximum absolute atomic E-state index is 13.1. The van der Waals surface area contributed by atoms with E-state index in [4.69, 9.17) is 28.4 Å². The molecule has 3 saturated heterocycles. The number of hydrogen-bond donors (Lipinski definition) is 12. The number of amides is 1. The number of nitrogens with one attached hydrogen (secondary N) is 1. The van der Waals surface area contributed by atoms with Crippen LogP contribution in [0.4, 0.5) is 0 Å². The van der Waals surface area contributed by atoms with Gasteiger partial charge in [0.05, 0.1) is 38.6 Å². The number of hydrogen-bond acceptors (Lipinski definition) is 18. The molecule has 0 bridgehead atoms. The first-order chi connectivity index (χ1) is 34.3. The minimum absolute atomic E-state index is 0.215. The third kappa shape index (κ3) is 21.9. The number of carbonyl (C=O) groups excluding carboxylic acids is 1. The van der Waals surface area contributed by atoms with Gasteiger partial charge in [-0.05, 0) is 64.2 Å². The van der Waals surface area contributed by atoms with Crippen LogP contribution in [0.15, 0.2) is 72.9 Å². The molecule has 3 rings (SSSR count). The molecule has 0 aromatic rings. The molecule has 17 atom stereocenters. The van der Waals surface area contributed by atoms with Crippen LogP contribution in [0.1, 0.15) is 117 Å². The lowest BCUT2D eigenvalue weighted by atomic mass is 9.96. The minimum Gasteiger partial charge on any atom is -0.394 e. The fraction of sp³-hybridized carbons (Fsp3) is 0.750. The molecular formula is C52H87NO18. The summed E-state index contributed by atoms with van der Waals surface area (Å²) in [6.07, 6.45) is 12.6. The first kappa shape index (κ1) is 62.5. The summed E-state index contributed by atoms with van der Waals surface area (Å²) in [6, 6.07) is -0.983. The lowest BCUT2D eigenvalue weighted by Gasteiger charge is -2.48. The maximum atomic E-state index is 13.1. The summed E-state index contributed by atoms with van der Waals surface area (Å²) in [4.78, 5) is 13.1. The molecule has 19 nitrogen and oxygen atoms in total. The predicted octanol–water partition coefficient (Wildman–Crippen LogP) is 1.92. The van der Waals surface area contributed by atoms with E-state index in [9.17, 15) is 61.0 Å². The zero-order valence-electron chi connectivity index (χ0n) is 41.7. The van der Waals surface area contributed by atoms with Crippen molar-refractivity contribution >= 4 is 5.91 Å².